The number of hydrogen-bond donors (Lipinski definition) is 1. The third kappa shape index (κ3) is 3.33. The topological polar surface area (TPSA) is 15.3 Å². The summed E-state index contributed by atoms with van der Waals surface area (Å²) in [6, 6.07) is 9.86. The van der Waals surface area contributed by atoms with Gasteiger partial charge < -0.3 is 10.2 Å². The highest BCUT2D eigenvalue weighted by atomic mass is 15.1. The molecule has 1 heterocycles. The van der Waals surface area contributed by atoms with Gasteiger partial charge in [-0.05, 0) is 43.5 Å². The first-order chi connectivity index (χ1) is 8.72. The molecule has 2 rings (SSSR count). The van der Waals surface area contributed by atoms with Crippen LogP contribution in [0.4, 0.5) is 0 Å². The number of hydrogen-bond acceptors (Lipinski definition) is 2. The molecule has 1 aliphatic heterocycles. The molecule has 1 fully saturated rings. The zero-order valence-corrected chi connectivity index (χ0v) is 11.9. The van der Waals surface area contributed by atoms with Crippen molar-refractivity contribution in [3.05, 3.63) is 35.4 Å². The molecular formula is C16H26N2. The quantitative estimate of drug-likeness (QED) is 0.878. The number of benzene rings is 1. The van der Waals surface area contributed by atoms with Crippen molar-refractivity contribution in [3.8, 4) is 0 Å². The Bertz CT molecular complexity index is 358. The lowest BCUT2D eigenvalue weighted by Crippen LogP contribution is -2.46. The van der Waals surface area contributed by atoms with Gasteiger partial charge in [-0.25, -0.2) is 0 Å². The summed E-state index contributed by atoms with van der Waals surface area (Å²) < 4.78 is 0. The van der Waals surface area contributed by atoms with E-state index in [4.69, 9.17) is 0 Å². The van der Waals surface area contributed by atoms with Crippen molar-refractivity contribution in [1.82, 2.24) is 10.2 Å². The van der Waals surface area contributed by atoms with E-state index in [0.717, 1.165) is 13.0 Å². The Hall–Kier alpha value is -0.860. The van der Waals surface area contributed by atoms with E-state index in [-0.39, 0.29) is 0 Å². The van der Waals surface area contributed by atoms with Gasteiger partial charge in [0.1, 0.15) is 0 Å². The van der Waals surface area contributed by atoms with E-state index < -0.39 is 0 Å². The highest BCUT2D eigenvalue weighted by molar-refractivity contribution is 5.26. The minimum Gasteiger partial charge on any atom is -0.313 e. The van der Waals surface area contributed by atoms with Crippen molar-refractivity contribution < 1.29 is 0 Å². The van der Waals surface area contributed by atoms with Crippen LogP contribution in [0.15, 0.2) is 24.3 Å². The number of nitrogens with one attached hydrogen (secondary N) is 1. The maximum absolute atomic E-state index is 3.60. The molecule has 0 spiro atoms. The van der Waals surface area contributed by atoms with Gasteiger partial charge in [-0.2, -0.15) is 0 Å². The Morgan fingerprint density at radius 1 is 1.17 bits per heavy atom. The van der Waals surface area contributed by atoms with Crippen LogP contribution in [0, 0.1) is 0 Å². The van der Waals surface area contributed by atoms with Crippen molar-refractivity contribution >= 4 is 0 Å². The molecule has 0 radical (unpaired) electrons. The predicted molar refractivity (Wildman–Crippen MR) is 78.1 cm³/mol. The summed E-state index contributed by atoms with van der Waals surface area (Å²) in [6.45, 7) is 7.84. The molecular weight excluding hydrogens is 220 g/mol. The van der Waals surface area contributed by atoms with Crippen LogP contribution in [0.1, 0.15) is 37.3 Å². The van der Waals surface area contributed by atoms with E-state index in [1.807, 2.05) is 0 Å². The number of likely N-dealkylation sites (tertiary alicyclic amines) is 1. The molecule has 0 saturated carbocycles. The first kappa shape index (κ1) is 13.6. The zero-order chi connectivity index (χ0) is 13.0. The second kappa shape index (κ2) is 6.35. The number of piperidine rings is 1. The SMILES string of the molecule is CCNC1CC(c2ccc(CC)cc2)CN(C)C1. The fraction of sp³-hybridized carbons (Fsp3) is 0.625. The Morgan fingerprint density at radius 2 is 1.89 bits per heavy atom. The highest BCUT2D eigenvalue weighted by Gasteiger charge is 2.25. The standard InChI is InChI=1S/C16H26N2/c1-4-13-6-8-14(9-7-13)15-10-16(17-5-2)12-18(3)11-15/h6-9,15-17H,4-5,10-12H2,1-3H3. The molecule has 100 valence electrons. The molecule has 2 heteroatoms. The summed E-state index contributed by atoms with van der Waals surface area (Å²) in [5.41, 5.74) is 2.94. The summed E-state index contributed by atoms with van der Waals surface area (Å²) in [4.78, 5) is 2.45. The minimum atomic E-state index is 0.643. The van der Waals surface area contributed by atoms with E-state index in [1.54, 1.807) is 0 Å². The van der Waals surface area contributed by atoms with Crippen LogP contribution in [0.2, 0.25) is 0 Å². The molecule has 2 nitrogen and oxygen atoms in total. The lowest BCUT2D eigenvalue weighted by Gasteiger charge is -2.36. The molecule has 0 amide bonds. The lowest BCUT2D eigenvalue weighted by molar-refractivity contribution is 0.206. The van der Waals surface area contributed by atoms with Crippen LogP contribution in [-0.2, 0) is 6.42 Å². The van der Waals surface area contributed by atoms with Crippen LogP contribution in [0.25, 0.3) is 0 Å². The first-order valence-corrected chi connectivity index (χ1v) is 7.23. The smallest absolute Gasteiger partial charge is 0.0201 e. The molecule has 0 aromatic heterocycles. The average molecular weight is 246 g/mol. The number of rotatable bonds is 4. The monoisotopic (exact) mass is 246 g/mol. The van der Waals surface area contributed by atoms with Crippen molar-refractivity contribution in [2.75, 3.05) is 26.7 Å². The molecule has 0 bridgehead atoms. The van der Waals surface area contributed by atoms with Crippen LogP contribution in [-0.4, -0.2) is 37.6 Å². The molecule has 1 aromatic carbocycles. The number of likely N-dealkylation sites (N-methyl/N-ethyl adjacent to an activating group) is 2. The van der Waals surface area contributed by atoms with Crippen LogP contribution in [0.5, 0.6) is 0 Å². The normalized spacial score (nSPS) is 25.3. The zero-order valence-electron chi connectivity index (χ0n) is 11.9. The largest absolute Gasteiger partial charge is 0.313 e. The minimum absolute atomic E-state index is 0.643. The van der Waals surface area contributed by atoms with Gasteiger partial charge >= 0.3 is 0 Å². The molecule has 1 aliphatic rings. The number of nitrogens with zero attached hydrogens (tertiary/aromatic N) is 1. The Morgan fingerprint density at radius 3 is 2.50 bits per heavy atom. The molecule has 1 N–H and O–H groups in total. The fourth-order valence-electron chi connectivity index (χ4n) is 3.02. The average Bonchev–Trinajstić information content (AvgIpc) is 2.38. The van der Waals surface area contributed by atoms with Crippen LogP contribution in [0.3, 0.4) is 0 Å². The van der Waals surface area contributed by atoms with Gasteiger partial charge in [-0.1, -0.05) is 38.1 Å². The van der Waals surface area contributed by atoms with Crippen molar-refractivity contribution in [3.63, 3.8) is 0 Å². The van der Waals surface area contributed by atoms with E-state index in [2.05, 4.69) is 55.4 Å². The summed E-state index contributed by atoms with van der Waals surface area (Å²) >= 11 is 0. The lowest BCUT2D eigenvalue weighted by atomic mass is 9.88. The maximum atomic E-state index is 3.60. The molecule has 2 atom stereocenters. The van der Waals surface area contributed by atoms with Gasteiger partial charge in [-0.3, -0.25) is 0 Å². The van der Waals surface area contributed by atoms with Gasteiger partial charge in [0, 0.05) is 19.1 Å². The second-order valence-electron chi connectivity index (χ2n) is 5.50. The molecule has 0 aliphatic carbocycles. The summed E-state index contributed by atoms with van der Waals surface area (Å²) in [6.07, 6.45) is 2.40. The molecule has 1 aromatic rings. The maximum Gasteiger partial charge on any atom is 0.0201 e. The predicted octanol–water partition coefficient (Wildman–Crippen LogP) is 2.65. The van der Waals surface area contributed by atoms with Crippen LogP contribution < -0.4 is 5.32 Å². The molecule has 1 saturated heterocycles. The first-order valence-electron chi connectivity index (χ1n) is 7.23. The summed E-state index contributed by atoms with van der Waals surface area (Å²) in [7, 11) is 2.23. The third-order valence-electron chi connectivity index (χ3n) is 3.99. The summed E-state index contributed by atoms with van der Waals surface area (Å²) in [5.74, 6) is 0.679. The van der Waals surface area contributed by atoms with E-state index in [9.17, 15) is 0 Å². The highest BCUT2D eigenvalue weighted by Crippen LogP contribution is 2.26. The van der Waals surface area contributed by atoms with E-state index >= 15 is 0 Å². The second-order valence-corrected chi connectivity index (χ2v) is 5.50. The van der Waals surface area contributed by atoms with E-state index in [1.165, 1.54) is 30.6 Å². The molecule has 2 unspecified atom stereocenters. The van der Waals surface area contributed by atoms with Gasteiger partial charge in [-0.15, -0.1) is 0 Å². The molecule has 18 heavy (non-hydrogen) atoms. The third-order valence-corrected chi connectivity index (χ3v) is 3.99. The van der Waals surface area contributed by atoms with Gasteiger partial charge in [0.05, 0.1) is 0 Å². The Kier molecular flexibility index (Phi) is 4.79. The van der Waals surface area contributed by atoms with Crippen molar-refractivity contribution in [2.45, 2.75) is 38.6 Å². The van der Waals surface area contributed by atoms with E-state index in [0.29, 0.717) is 12.0 Å². The van der Waals surface area contributed by atoms with Gasteiger partial charge in [0.25, 0.3) is 0 Å². The van der Waals surface area contributed by atoms with Crippen LogP contribution >= 0.6 is 0 Å². The Balaban J connectivity index is 2.06. The van der Waals surface area contributed by atoms with Crippen molar-refractivity contribution in [2.24, 2.45) is 0 Å². The number of aryl methyl sites for hydroxylation is 1. The van der Waals surface area contributed by atoms with Gasteiger partial charge in [0.2, 0.25) is 0 Å². The fourth-order valence-corrected chi connectivity index (χ4v) is 3.02. The Labute approximate surface area is 111 Å². The van der Waals surface area contributed by atoms with Crippen molar-refractivity contribution in [1.29, 1.82) is 0 Å². The summed E-state index contributed by atoms with van der Waals surface area (Å²) in [5, 5.41) is 3.60. The van der Waals surface area contributed by atoms with Gasteiger partial charge in [0.15, 0.2) is 0 Å².